The van der Waals surface area contributed by atoms with Gasteiger partial charge < -0.3 is 4.74 Å². The topological polar surface area (TPSA) is 55.4 Å². The molecular formula is C12H13NO3. The van der Waals surface area contributed by atoms with Gasteiger partial charge >= 0.3 is 6.09 Å². The first kappa shape index (κ1) is 10.7. The van der Waals surface area contributed by atoms with Crippen molar-refractivity contribution in [2.24, 2.45) is 0 Å². The van der Waals surface area contributed by atoms with Crippen molar-refractivity contribution < 1.29 is 14.3 Å². The predicted octanol–water partition coefficient (Wildman–Crippen LogP) is 2.38. The van der Waals surface area contributed by atoms with Crippen LogP contribution in [0.1, 0.15) is 29.3 Å². The van der Waals surface area contributed by atoms with Gasteiger partial charge in [0.15, 0.2) is 5.78 Å². The molecule has 1 aromatic carbocycles. The van der Waals surface area contributed by atoms with Gasteiger partial charge in [0, 0.05) is 17.7 Å². The minimum Gasteiger partial charge on any atom is -0.450 e. The lowest BCUT2D eigenvalue weighted by molar-refractivity contribution is 0.0994. The number of hydrogen-bond donors (Lipinski definition) is 1. The molecule has 0 heterocycles. The van der Waals surface area contributed by atoms with Gasteiger partial charge in [-0.2, -0.15) is 0 Å². The van der Waals surface area contributed by atoms with Crippen LogP contribution in [0.25, 0.3) is 0 Å². The lowest BCUT2D eigenvalue weighted by atomic mass is 10.1. The summed E-state index contributed by atoms with van der Waals surface area (Å²) >= 11 is 0. The molecule has 1 N–H and O–H groups in total. The Hall–Kier alpha value is -1.84. The number of fused-ring (bicyclic) bond motifs is 1. The Kier molecular flexibility index (Phi) is 2.90. The van der Waals surface area contributed by atoms with Crippen molar-refractivity contribution in [3.8, 4) is 0 Å². The SMILES string of the molecule is CCOC(=O)Nc1cccc2c1CCC2=O. The number of benzene rings is 1. The predicted molar refractivity (Wildman–Crippen MR) is 59.7 cm³/mol. The van der Waals surface area contributed by atoms with Crippen LogP contribution in [0.4, 0.5) is 10.5 Å². The average molecular weight is 219 g/mol. The first-order valence-corrected chi connectivity index (χ1v) is 5.31. The first-order chi connectivity index (χ1) is 7.72. The van der Waals surface area contributed by atoms with Crippen LogP contribution >= 0.6 is 0 Å². The summed E-state index contributed by atoms with van der Waals surface area (Å²) in [6.07, 6.45) is 0.739. The molecule has 0 fully saturated rings. The van der Waals surface area contributed by atoms with Crippen molar-refractivity contribution >= 4 is 17.6 Å². The van der Waals surface area contributed by atoms with Crippen LogP contribution < -0.4 is 5.32 Å². The molecule has 4 heteroatoms. The molecule has 2 rings (SSSR count). The van der Waals surface area contributed by atoms with Gasteiger partial charge in [-0.15, -0.1) is 0 Å². The maximum atomic E-state index is 11.5. The molecule has 0 spiro atoms. The Labute approximate surface area is 93.6 Å². The van der Waals surface area contributed by atoms with E-state index in [1.807, 2.05) is 0 Å². The number of hydrogen-bond acceptors (Lipinski definition) is 3. The summed E-state index contributed by atoms with van der Waals surface area (Å²) in [7, 11) is 0. The van der Waals surface area contributed by atoms with Crippen LogP contribution in [-0.4, -0.2) is 18.5 Å². The summed E-state index contributed by atoms with van der Waals surface area (Å²) in [6.45, 7) is 2.08. The van der Waals surface area contributed by atoms with Gasteiger partial charge in [0.1, 0.15) is 0 Å². The monoisotopic (exact) mass is 219 g/mol. The van der Waals surface area contributed by atoms with Gasteiger partial charge in [0.05, 0.1) is 6.61 Å². The van der Waals surface area contributed by atoms with Gasteiger partial charge in [-0.3, -0.25) is 10.1 Å². The van der Waals surface area contributed by atoms with Gasteiger partial charge in [-0.25, -0.2) is 4.79 Å². The van der Waals surface area contributed by atoms with E-state index in [4.69, 9.17) is 4.74 Å². The lowest BCUT2D eigenvalue weighted by Gasteiger charge is -2.09. The van der Waals surface area contributed by atoms with Crippen LogP contribution in [0.3, 0.4) is 0 Å². The Morgan fingerprint density at radius 3 is 3.00 bits per heavy atom. The zero-order chi connectivity index (χ0) is 11.5. The number of ether oxygens (including phenoxy) is 1. The molecule has 1 aromatic rings. The maximum Gasteiger partial charge on any atom is 0.411 e. The number of nitrogens with one attached hydrogen (secondary N) is 1. The van der Waals surface area contributed by atoms with Crippen LogP contribution in [0.15, 0.2) is 18.2 Å². The molecule has 0 saturated carbocycles. The molecule has 0 atom stereocenters. The quantitative estimate of drug-likeness (QED) is 0.830. The summed E-state index contributed by atoms with van der Waals surface area (Å²) < 4.78 is 4.80. The fraction of sp³-hybridized carbons (Fsp3) is 0.333. The van der Waals surface area contributed by atoms with E-state index < -0.39 is 6.09 Å². The normalized spacial score (nSPS) is 13.4. The number of ketones is 1. The third kappa shape index (κ3) is 1.91. The van der Waals surface area contributed by atoms with Crippen molar-refractivity contribution in [2.45, 2.75) is 19.8 Å². The second kappa shape index (κ2) is 4.35. The minimum atomic E-state index is -0.477. The molecular weight excluding hydrogens is 206 g/mol. The second-order valence-electron chi connectivity index (χ2n) is 3.60. The molecule has 0 saturated heterocycles. The summed E-state index contributed by atoms with van der Waals surface area (Å²) in [5.41, 5.74) is 2.32. The van der Waals surface area contributed by atoms with E-state index in [-0.39, 0.29) is 5.78 Å². The summed E-state index contributed by atoms with van der Waals surface area (Å²) in [6, 6.07) is 5.35. The molecule has 0 aromatic heterocycles. The van der Waals surface area contributed by atoms with Crippen LogP contribution in [-0.2, 0) is 11.2 Å². The molecule has 0 aliphatic heterocycles. The molecule has 16 heavy (non-hydrogen) atoms. The standard InChI is InChI=1S/C12H13NO3/c1-2-16-12(15)13-10-5-3-4-9-8(10)6-7-11(9)14/h3-5H,2,6-7H2,1H3,(H,13,15). The Bertz CT molecular complexity index is 440. The third-order valence-corrected chi connectivity index (χ3v) is 2.59. The van der Waals surface area contributed by atoms with E-state index in [1.165, 1.54) is 0 Å². The highest BCUT2D eigenvalue weighted by atomic mass is 16.5. The number of Topliss-reactive ketones (excluding diaryl/α,β-unsaturated/α-hetero) is 1. The van der Waals surface area contributed by atoms with Crippen molar-refractivity contribution in [3.05, 3.63) is 29.3 Å². The van der Waals surface area contributed by atoms with Crippen molar-refractivity contribution in [3.63, 3.8) is 0 Å². The van der Waals surface area contributed by atoms with E-state index in [2.05, 4.69) is 5.32 Å². The third-order valence-electron chi connectivity index (χ3n) is 2.59. The molecule has 1 aliphatic carbocycles. The summed E-state index contributed by atoms with van der Waals surface area (Å²) in [5, 5.41) is 2.65. The number of carbonyl (C=O) groups excluding carboxylic acids is 2. The first-order valence-electron chi connectivity index (χ1n) is 5.31. The van der Waals surface area contributed by atoms with Gasteiger partial charge in [-0.1, -0.05) is 12.1 Å². The Balaban J connectivity index is 2.23. The zero-order valence-corrected chi connectivity index (χ0v) is 9.08. The zero-order valence-electron chi connectivity index (χ0n) is 9.08. The van der Waals surface area contributed by atoms with E-state index in [9.17, 15) is 9.59 Å². The molecule has 0 radical (unpaired) electrons. The number of anilines is 1. The largest absolute Gasteiger partial charge is 0.450 e. The summed E-state index contributed by atoms with van der Waals surface area (Å²) in [4.78, 5) is 22.8. The number of amides is 1. The van der Waals surface area contributed by atoms with Crippen LogP contribution in [0.2, 0.25) is 0 Å². The maximum absolute atomic E-state index is 11.5. The van der Waals surface area contributed by atoms with Crippen LogP contribution in [0, 0.1) is 0 Å². The van der Waals surface area contributed by atoms with E-state index in [0.29, 0.717) is 30.7 Å². The number of rotatable bonds is 2. The van der Waals surface area contributed by atoms with Crippen molar-refractivity contribution in [1.29, 1.82) is 0 Å². The molecule has 84 valence electrons. The fourth-order valence-electron chi connectivity index (χ4n) is 1.88. The van der Waals surface area contributed by atoms with Crippen molar-refractivity contribution in [2.75, 3.05) is 11.9 Å². The highest BCUT2D eigenvalue weighted by Gasteiger charge is 2.22. The van der Waals surface area contributed by atoms with Gasteiger partial charge in [-0.05, 0) is 25.0 Å². The van der Waals surface area contributed by atoms with Gasteiger partial charge in [0.2, 0.25) is 0 Å². The lowest BCUT2D eigenvalue weighted by Crippen LogP contribution is -2.14. The Morgan fingerprint density at radius 2 is 2.25 bits per heavy atom. The number of carbonyl (C=O) groups is 2. The minimum absolute atomic E-state index is 0.141. The molecule has 1 aliphatic rings. The van der Waals surface area contributed by atoms with E-state index in [0.717, 1.165) is 5.56 Å². The van der Waals surface area contributed by atoms with Gasteiger partial charge in [0.25, 0.3) is 0 Å². The smallest absolute Gasteiger partial charge is 0.411 e. The Morgan fingerprint density at radius 1 is 1.44 bits per heavy atom. The highest BCUT2D eigenvalue weighted by molar-refractivity contribution is 6.03. The highest BCUT2D eigenvalue weighted by Crippen LogP contribution is 2.28. The van der Waals surface area contributed by atoms with E-state index >= 15 is 0 Å². The second-order valence-corrected chi connectivity index (χ2v) is 3.60. The fourth-order valence-corrected chi connectivity index (χ4v) is 1.88. The molecule has 1 amide bonds. The summed E-state index contributed by atoms with van der Waals surface area (Å²) in [5.74, 6) is 0.141. The molecule has 0 unspecified atom stereocenters. The average Bonchev–Trinajstić information content (AvgIpc) is 2.62. The molecule has 0 bridgehead atoms. The van der Waals surface area contributed by atoms with Crippen molar-refractivity contribution in [1.82, 2.24) is 0 Å². The van der Waals surface area contributed by atoms with E-state index in [1.54, 1.807) is 25.1 Å². The van der Waals surface area contributed by atoms with Crippen LogP contribution in [0.5, 0.6) is 0 Å². The molecule has 4 nitrogen and oxygen atoms in total.